The Morgan fingerprint density at radius 3 is 1.75 bits per heavy atom. The van der Waals surface area contributed by atoms with Crippen LogP contribution in [0.3, 0.4) is 0 Å². The fourth-order valence-corrected chi connectivity index (χ4v) is 2.55. The van der Waals surface area contributed by atoms with Gasteiger partial charge in [0.2, 0.25) is 0 Å². The molecule has 0 spiro atoms. The lowest BCUT2D eigenvalue weighted by Gasteiger charge is -2.27. The van der Waals surface area contributed by atoms with Crippen LogP contribution in [0.4, 0.5) is 0 Å². The lowest BCUT2D eigenvalue weighted by atomic mass is 9.78. The van der Waals surface area contributed by atoms with Gasteiger partial charge in [-0.25, -0.2) is 4.79 Å². The Labute approximate surface area is 144 Å². The Hall–Kier alpha value is -2.29. The predicted molar refractivity (Wildman–Crippen MR) is 96.9 cm³/mol. The fourth-order valence-electron chi connectivity index (χ4n) is 2.55. The largest absolute Gasteiger partial charge is 0.507 e. The van der Waals surface area contributed by atoms with Crippen LogP contribution in [0.2, 0.25) is 0 Å². The van der Waals surface area contributed by atoms with E-state index in [-0.39, 0.29) is 16.6 Å². The summed E-state index contributed by atoms with van der Waals surface area (Å²) in [6, 6.07) is 12.5. The van der Waals surface area contributed by atoms with Crippen LogP contribution in [-0.2, 0) is 10.8 Å². The molecule has 0 saturated carbocycles. The summed E-state index contributed by atoms with van der Waals surface area (Å²) in [6.45, 7) is 12.1. The number of benzene rings is 2. The maximum atomic E-state index is 12.6. The summed E-state index contributed by atoms with van der Waals surface area (Å²) >= 11 is 0. The molecule has 128 valence electrons. The Morgan fingerprint density at radius 2 is 1.33 bits per heavy atom. The molecule has 2 aromatic rings. The number of phenols is 1. The molecular weight excluding hydrogens is 300 g/mol. The minimum absolute atomic E-state index is 0.256. The third kappa shape index (κ3) is 3.97. The van der Waals surface area contributed by atoms with Gasteiger partial charge in [0.25, 0.3) is 0 Å². The molecule has 2 aromatic carbocycles. The number of para-hydroxylation sites is 1. The third-order valence-corrected chi connectivity index (χ3v) is 3.92. The molecule has 0 saturated heterocycles. The predicted octanol–water partition coefficient (Wildman–Crippen LogP) is 5.21. The van der Waals surface area contributed by atoms with Crippen molar-refractivity contribution in [2.45, 2.75) is 52.4 Å². The minimum atomic E-state index is -0.419. The van der Waals surface area contributed by atoms with Crippen molar-refractivity contribution in [2.24, 2.45) is 0 Å². The number of carbonyl (C=O) groups excluding carboxylic acids is 1. The van der Waals surface area contributed by atoms with E-state index in [1.807, 2.05) is 59.7 Å². The summed E-state index contributed by atoms with van der Waals surface area (Å²) in [7, 11) is 0. The average Bonchev–Trinajstić information content (AvgIpc) is 2.46. The van der Waals surface area contributed by atoms with E-state index >= 15 is 0 Å². The zero-order chi connectivity index (χ0) is 18.1. The number of ether oxygens (including phenoxy) is 1. The van der Waals surface area contributed by atoms with Crippen molar-refractivity contribution in [1.82, 2.24) is 0 Å². The van der Waals surface area contributed by atoms with Crippen LogP contribution >= 0.6 is 0 Å². The minimum Gasteiger partial charge on any atom is -0.507 e. The first-order chi connectivity index (χ1) is 11.0. The third-order valence-electron chi connectivity index (χ3n) is 3.92. The molecule has 3 nitrogen and oxygen atoms in total. The molecule has 0 aromatic heterocycles. The number of aromatic hydroxyl groups is 1. The zero-order valence-electron chi connectivity index (χ0n) is 15.3. The first kappa shape index (κ1) is 18.1. The van der Waals surface area contributed by atoms with E-state index in [1.165, 1.54) is 0 Å². The summed E-state index contributed by atoms with van der Waals surface area (Å²) in [4.78, 5) is 12.6. The van der Waals surface area contributed by atoms with Crippen molar-refractivity contribution < 1.29 is 14.6 Å². The molecule has 0 atom stereocenters. The van der Waals surface area contributed by atoms with Gasteiger partial charge in [-0.15, -0.1) is 0 Å². The highest BCUT2D eigenvalue weighted by Crippen LogP contribution is 2.39. The number of phenolic OH excluding ortho intramolecular Hbond substituents is 1. The Bertz CT molecular complexity index is 697. The average molecular weight is 326 g/mol. The van der Waals surface area contributed by atoms with Gasteiger partial charge in [-0.1, -0.05) is 59.7 Å². The molecule has 0 unspecified atom stereocenters. The van der Waals surface area contributed by atoms with Gasteiger partial charge in [0.05, 0.1) is 5.56 Å². The molecular formula is C21H26O3. The van der Waals surface area contributed by atoms with Crippen LogP contribution < -0.4 is 4.74 Å². The summed E-state index contributed by atoms with van der Waals surface area (Å²) in [6.07, 6.45) is 0. The summed E-state index contributed by atoms with van der Waals surface area (Å²) in [5.74, 6) is 0.341. The van der Waals surface area contributed by atoms with Gasteiger partial charge in [0, 0.05) is 11.1 Å². The molecule has 0 heterocycles. The van der Waals surface area contributed by atoms with E-state index in [0.29, 0.717) is 11.3 Å². The van der Waals surface area contributed by atoms with E-state index in [0.717, 1.165) is 11.1 Å². The molecule has 1 N–H and O–H groups in total. The van der Waals surface area contributed by atoms with E-state index in [1.54, 1.807) is 24.3 Å². The van der Waals surface area contributed by atoms with Crippen molar-refractivity contribution in [3.63, 3.8) is 0 Å². The lowest BCUT2D eigenvalue weighted by Crippen LogP contribution is -2.20. The quantitative estimate of drug-likeness (QED) is 0.609. The van der Waals surface area contributed by atoms with E-state index in [2.05, 4.69) is 0 Å². The van der Waals surface area contributed by atoms with Gasteiger partial charge < -0.3 is 9.84 Å². The SMILES string of the molecule is CC(C)(C)c1cc(C(=O)Oc2ccccc2)cc(C(C)(C)C)c1O. The van der Waals surface area contributed by atoms with Crippen molar-refractivity contribution in [1.29, 1.82) is 0 Å². The topological polar surface area (TPSA) is 46.5 Å². The standard InChI is InChI=1S/C21H26O3/c1-20(2,3)16-12-14(13-17(18(16)22)21(4,5)6)19(23)24-15-10-8-7-9-11-15/h7-13,22H,1-6H3. The second-order valence-corrected chi connectivity index (χ2v) is 8.12. The smallest absolute Gasteiger partial charge is 0.343 e. The number of carbonyl (C=O) groups is 1. The fraction of sp³-hybridized carbons (Fsp3) is 0.381. The summed E-state index contributed by atoms with van der Waals surface area (Å²) in [5.41, 5.74) is 1.37. The van der Waals surface area contributed by atoms with Gasteiger partial charge in [-0.3, -0.25) is 0 Å². The van der Waals surface area contributed by atoms with Crippen molar-refractivity contribution >= 4 is 5.97 Å². The van der Waals surface area contributed by atoms with Crippen LogP contribution in [0.15, 0.2) is 42.5 Å². The molecule has 24 heavy (non-hydrogen) atoms. The Balaban J connectivity index is 2.52. The lowest BCUT2D eigenvalue weighted by molar-refractivity contribution is 0.0734. The van der Waals surface area contributed by atoms with E-state index < -0.39 is 5.97 Å². The first-order valence-corrected chi connectivity index (χ1v) is 8.15. The van der Waals surface area contributed by atoms with Gasteiger partial charge in [0.1, 0.15) is 11.5 Å². The highest BCUT2D eigenvalue weighted by molar-refractivity contribution is 5.92. The number of esters is 1. The van der Waals surface area contributed by atoms with Crippen molar-refractivity contribution in [3.05, 3.63) is 59.2 Å². The molecule has 0 amide bonds. The number of rotatable bonds is 2. The van der Waals surface area contributed by atoms with Crippen molar-refractivity contribution in [2.75, 3.05) is 0 Å². The van der Waals surface area contributed by atoms with Gasteiger partial charge in [0.15, 0.2) is 0 Å². The van der Waals surface area contributed by atoms with E-state index in [4.69, 9.17) is 4.74 Å². The van der Waals surface area contributed by atoms with Crippen LogP contribution in [0, 0.1) is 0 Å². The molecule has 0 aliphatic heterocycles. The molecule has 2 rings (SSSR count). The second kappa shape index (κ2) is 6.31. The van der Waals surface area contributed by atoms with Crippen LogP contribution in [-0.4, -0.2) is 11.1 Å². The number of hydrogen-bond donors (Lipinski definition) is 1. The molecule has 0 aliphatic rings. The second-order valence-electron chi connectivity index (χ2n) is 8.12. The van der Waals surface area contributed by atoms with Crippen molar-refractivity contribution in [3.8, 4) is 11.5 Å². The maximum Gasteiger partial charge on any atom is 0.343 e. The van der Waals surface area contributed by atoms with E-state index in [9.17, 15) is 9.90 Å². The maximum absolute atomic E-state index is 12.6. The summed E-state index contributed by atoms with van der Waals surface area (Å²) in [5, 5.41) is 10.7. The normalized spacial score (nSPS) is 12.1. The van der Waals surface area contributed by atoms with Crippen LogP contribution in [0.1, 0.15) is 63.0 Å². The molecule has 0 radical (unpaired) electrons. The Morgan fingerprint density at radius 1 is 0.875 bits per heavy atom. The monoisotopic (exact) mass is 326 g/mol. The summed E-state index contributed by atoms with van der Waals surface area (Å²) < 4.78 is 5.46. The van der Waals surface area contributed by atoms with Crippen LogP contribution in [0.25, 0.3) is 0 Å². The Kier molecular flexibility index (Phi) is 4.75. The highest BCUT2D eigenvalue weighted by atomic mass is 16.5. The molecule has 0 fully saturated rings. The zero-order valence-corrected chi connectivity index (χ0v) is 15.3. The van der Waals surface area contributed by atoms with Gasteiger partial charge >= 0.3 is 5.97 Å². The van der Waals surface area contributed by atoms with Crippen LogP contribution in [0.5, 0.6) is 11.5 Å². The molecule has 3 heteroatoms. The molecule has 0 aliphatic carbocycles. The number of hydrogen-bond acceptors (Lipinski definition) is 3. The van der Waals surface area contributed by atoms with Gasteiger partial charge in [-0.05, 0) is 35.1 Å². The first-order valence-electron chi connectivity index (χ1n) is 8.15. The van der Waals surface area contributed by atoms with Gasteiger partial charge in [-0.2, -0.15) is 0 Å². The molecule has 0 bridgehead atoms. The highest BCUT2D eigenvalue weighted by Gasteiger charge is 2.28.